The second-order valence-electron chi connectivity index (χ2n) is 7.86. The van der Waals surface area contributed by atoms with Crippen molar-refractivity contribution in [3.63, 3.8) is 0 Å². The third-order valence-corrected chi connectivity index (χ3v) is 6.26. The summed E-state index contributed by atoms with van der Waals surface area (Å²) in [7, 11) is 1.62. The van der Waals surface area contributed by atoms with E-state index in [1.807, 2.05) is 38.1 Å². The summed E-state index contributed by atoms with van der Waals surface area (Å²) in [6, 6.07) is 9.59. The van der Waals surface area contributed by atoms with Crippen molar-refractivity contribution in [2.75, 3.05) is 20.3 Å². The van der Waals surface area contributed by atoms with Gasteiger partial charge < -0.3 is 19.8 Å². The van der Waals surface area contributed by atoms with Gasteiger partial charge in [-0.25, -0.2) is 9.98 Å². The van der Waals surface area contributed by atoms with Crippen molar-refractivity contribution in [2.24, 2.45) is 15.7 Å². The van der Waals surface area contributed by atoms with E-state index in [4.69, 9.17) is 20.2 Å². The number of hydrogen-bond donors (Lipinski definition) is 1. The number of thiazole rings is 1. The normalized spacial score (nSPS) is 13.6. The molecule has 0 amide bonds. The number of nitrogens with zero attached hydrogens (tertiary/aromatic N) is 4. The Kier molecular flexibility index (Phi) is 7.00. The number of ether oxygens (including phenoxy) is 2. The largest absolute Gasteiger partial charge is 0.493 e. The van der Waals surface area contributed by atoms with E-state index in [1.54, 1.807) is 35.3 Å². The maximum atomic E-state index is 12.5. The second kappa shape index (κ2) is 10.1. The Morgan fingerprint density at radius 2 is 2.15 bits per heavy atom. The van der Waals surface area contributed by atoms with Crippen LogP contribution < -0.4 is 16.0 Å². The number of hydrogen-bond acceptors (Lipinski definition) is 6. The Labute approximate surface area is 196 Å². The second-order valence-corrected chi connectivity index (χ2v) is 8.95. The molecule has 3 aromatic rings. The first-order chi connectivity index (χ1) is 16.0. The van der Waals surface area contributed by atoms with E-state index in [-0.39, 0.29) is 11.6 Å². The minimum Gasteiger partial charge on any atom is -0.493 e. The van der Waals surface area contributed by atoms with Crippen LogP contribution in [-0.2, 0) is 17.7 Å². The van der Waals surface area contributed by atoms with Gasteiger partial charge in [-0.3, -0.25) is 9.79 Å². The molecule has 9 heteroatoms. The van der Waals surface area contributed by atoms with Gasteiger partial charge in [0.15, 0.2) is 10.8 Å². The molecule has 2 aromatic heterocycles. The fourth-order valence-electron chi connectivity index (χ4n) is 3.62. The van der Waals surface area contributed by atoms with Gasteiger partial charge in [0, 0.05) is 48.8 Å². The minimum absolute atomic E-state index is 0.0680. The third kappa shape index (κ3) is 5.04. The molecule has 0 saturated carbocycles. The van der Waals surface area contributed by atoms with Crippen molar-refractivity contribution < 1.29 is 9.47 Å². The molecule has 0 fully saturated rings. The lowest BCUT2D eigenvalue weighted by Gasteiger charge is -2.11. The zero-order valence-corrected chi connectivity index (χ0v) is 19.8. The molecular formula is C24H27N5O3S. The number of fused-ring (bicyclic) bond motifs is 3. The van der Waals surface area contributed by atoms with Crippen molar-refractivity contribution >= 4 is 23.5 Å². The number of methoxy groups -OCH3 is 1. The third-order valence-electron chi connectivity index (χ3n) is 5.15. The SMILES string of the molecule is COCCn1ccc(-c2ccc3c(c2)-c2nc(C(N=CN)=NC(C)C)sc2CCO3)cc1=O. The minimum atomic E-state index is -0.0680. The summed E-state index contributed by atoms with van der Waals surface area (Å²) in [6.07, 6.45) is 3.79. The fourth-order valence-corrected chi connectivity index (χ4v) is 4.63. The van der Waals surface area contributed by atoms with Crippen molar-refractivity contribution in [3.8, 4) is 28.1 Å². The number of aliphatic imine (C=N–C) groups is 2. The van der Waals surface area contributed by atoms with E-state index >= 15 is 0 Å². The predicted octanol–water partition coefficient (Wildman–Crippen LogP) is 3.36. The molecule has 0 atom stereocenters. The average Bonchev–Trinajstić information content (AvgIpc) is 3.14. The number of benzene rings is 1. The molecule has 33 heavy (non-hydrogen) atoms. The molecule has 0 unspecified atom stereocenters. The van der Waals surface area contributed by atoms with Crippen molar-refractivity contribution in [2.45, 2.75) is 32.9 Å². The van der Waals surface area contributed by atoms with Gasteiger partial charge in [0.25, 0.3) is 5.56 Å². The van der Waals surface area contributed by atoms with Gasteiger partial charge in [0.2, 0.25) is 0 Å². The molecule has 1 aliphatic heterocycles. The van der Waals surface area contributed by atoms with Gasteiger partial charge in [-0.1, -0.05) is 6.07 Å². The van der Waals surface area contributed by atoms with Crippen molar-refractivity contribution in [3.05, 3.63) is 56.8 Å². The molecule has 4 rings (SSSR count). The summed E-state index contributed by atoms with van der Waals surface area (Å²) in [5.74, 6) is 1.30. The Balaban J connectivity index is 1.76. The summed E-state index contributed by atoms with van der Waals surface area (Å²) in [5.41, 5.74) is 9.00. The van der Waals surface area contributed by atoms with E-state index in [9.17, 15) is 4.79 Å². The summed E-state index contributed by atoms with van der Waals surface area (Å²) >= 11 is 1.56. The van der Waals surface area contributed by atoms with Crippen LogP contribution in [0.4, 0.5) is 0 Å². The summed E-state index contributed by atoms with van der Waals surface area (Å²) in [6.45, 7) is 5.55. The van der Waals surface area contributed by atoms with E-state index < -0.39 is 0 Å². The van der Waals surface area contributed by atoms with Crippen molar-refractivity contribution in [1.29, 1.82) is 0 Å². The topological polar surface area (TPSA) is 104 Å². The van der Waals surface area contributed by atoms with Gasteiger partial charge in [0.05, 0.1) is 25.2 Å². The maximum absolute atomic E-state index is 12.5. The van der Waals surface area contributed by atoms with E-state index in [0.717, 1.165) is 44.4 Å². The Morgan fingerprint density at radius 3 is 2.88 bits per heavy atom. The van der Waals surface area contributed by atoms with Gasteiger partial charge in [0.1, 0.15) is 5.75 Å². The first kappa shape index (κ1) is 22.9. The van der Waals surface area contributed by atoms with Crippen LogP contribution in [0.15, 0.2) is 51.3 Å². The molecule has 0 radical (unpaired) electrons. The monoisotopic (exact) mass is 465 g/mol. The highest BCUT2D eigenvalue weighted by molar-refractivity contribution is 7.14. The van der Waals surface area contributed by atoms with Crippen LogP contribution in [0.5, 0.6) is 5.75 Å². The number of pyridine rings is 1. The molecule has 1 aliphatic rings. The summed E-state index contributed by atoms with van der Waals surface area (Å²) < 4.78 is 12.7. The van der Waals surface area contributed by atoms with E-state index in [0.29, 0.717) is 25.6 Å². The lowest BCUT2D eigenvalue weighted by molar-refractivity contribution is 0.186. The van der Waals surface area contributed by atoms with E-state index in [2.05, 4.69) is 9.98 Å². The van der Waals surface area contributed by atoms with E-state index in [1.165, 1.54) is 6.34 Å². The molecule has 172 valence electrons. The van der Waals surface area contributed by atoms with Crippen molar-refractivity contribution in [1.82, 2.24) is 9.55 Å². The molecule has 0 bridgehead atoms. The quantitative estimate of drug-likeness (QED) is 0.444. The molecule has 0 aliphatic carbocycles. The van der Waals surface area contributed by atoms with Crippen LogP contribution in [0.3, 0.4) is 0 Å². The number of rotatable bonds is 6. The highest BCUT2D eigenvalue weighted by Gasteiger charge is 2.23. The molecule has 0 saturated heterocycles. The van der Waals surface area contributed by atoms with Gasteiger partial charge in [-0.05, 0) is 43.2 Å². The summed E-state index contributed by atoms with van der Waals surface area (Å²) in [5, 5.41) is 0.731. The molecule has 1 aromatic carbocycles. The number of amidine groups is 1. The number of nitrogens with two attached hydrogens (primary N) is 1. The van der Waals surface area contributed by atoms with Crippen LogP contribution in [0, 0.1) is 0 Å². The highest BCUT2D eigenvalue weighted by Crippen LogP contribution is 2.40. The lowest BCUT2D eigenvalue weighted by Crippen LogP contribution is -2.20. The van der Waals surface area contributed by atoms with Gasteiger partial charge in [-0.2, -0.15) is 0 Å². The maximum Gasteiger partial charge on any atom is 0.251 e. The van der Waals surface area contributed by atoms with Crippen LogP contribution in [0.2, 0.25) is 0 Å². The van der Waals surface area contributed by atoms with Crippen LogP contribution in [-0.4, -0.2) is 48.1 Å². The zero-order valence-electron chi connectivity index (χ0n) is 18.9. The smallest absolute Gasteiger partial charge is 0.251 e. The standard InChI is InChI=1S/C24H27N5O3S/c1-15(2)27-23(26-14-25)24-28-22-18-12-16(4-5-19(18)32-10-7-20(22)33-24)17-6-8-29(9-11-31-3)21(30)13-17/h4-6,8,12-15H,7,9-11H2,1-3H3,(H2,25,26,27). The van der Waals surface area contributed by atoms with Gasteiger partial charge in [-0.15, -0.1) is 11.3 Å². The zero-order chi connectivity index (χ0) is 23.4. The Morgan fingerprint density at radius 1 is 1.33 bits per heavy atom. The predicted molar refractivity (Wildman–Crippen MR) is 133 cm³/mol. The fraction of sp³-hybridized carbons (Fsp3) is 0.333. The Hall–Kier alpha value is -3.30. The van der Waals surface area contributed by atoms with Gasteiger partial charge >= 0.3 is 0 Å². The average molecular weight is 466 g/mol. The summed E-state index contributed by atoms with van der Waals surface area (Å²) in [4.78, 5) is 27.3. The number of aromatic nitrogens is 2. The lowest BCUT2D eigenvalue weighted by atomic mass is 10.0. The molecule has 3 heterocycles. The van der Waals surface area contributed by atoms with Crippen LogP contribution in [0.25, 0.3) is 22.4 Å². The first-order valence-electron chi connectivity index (χ1n) is 10.8. The first-order valence-corrected chi connectivity index (χ1v) is 11.6. The van der Waals surface area contributed by atoms with Crippen LogP contribution >= 0.6 is 11.3 Å². The molecule has 2 N–H and O–H groups in total. The molecular weight excluding hydrogens is 438 g/mol. The Bertz CT molecular complexity index is 1260. The van der Waals surface area contributed by atoms with Crippen LogP contribution in [0.1, 0.15) is 23.7 Å². The molecule has 0 spiro atoms. The highest BCUT2D eigenvalue weighted by atomic mass is 32.1. The molecule has 8 nitrogen and oxygen atoms in total.